The lowest BCUT2D eigenvalue weighted by Gasteiger charge is -2.26. The monoisotopic (exact) mass is 268 g/mol. The van der Waals surface area contributed by atoms with Crippen LogP contribution < -0.4 is 5.32 Å². The second-order valence-electron chi connectivity index (χ2n) is 4.35. The Morgan fingerprint density at radius 3 is 3.21 bits per heavy atom. The second-order valence-corrected chi connectivity index (χ2v) is 4.35. The van der Waals surface area contributed by atoms with Gasteiger partial charge in [0.05, 0.1) is 20.4 Å². The minimum absolute atomic E-state index is 0.0398. The Bertz CT molecular complexity index is 538. The van der Waals surface area contributed by atoms with Gasteiger partial charge in [0, 0.05) is 6.42 Å². The van der Waals surface area contributed by atoms with Crippen molar-refractivity contribution in [3.05, 3.63) is 0 Å². The fraction of sp³-hybridized carbons (Fsp3) is 0.600. The summed E-state index contributed by atoms with van der Waals surface area (Å²) in [5.41, 5.74) is 0. The molecule has 4 N–H and O–H groups in total. The van der Waals surface area contributed by atoms with Gasteiger partial charge in [-0.25, -0.2) is 0 Å². The lowest BCUT2D eigenvalue weighted by Crippen LogP contribution is -2.50. The molecule has 102 valence electrons. The Hall–Kier alpha value is -1.84. The molecule has 3 rings (SSSR count). The molecule has 1 fully saturated rings. The summed E-state index contributed by atoms with van der Waals surface area (Å²) >= 11 is 0. The van der Waals surface area contributed by atoms with Crippen LogP contribution in [0.25, 0.3) is 0 Å². The van der Waals surface area contributed by atoms with Crippen molar-refractivity contribution >= 4 is 24.0 Å². The Morgan fingerprint density at radius 2 is 2.53 bits per heavy atom. The summed E-state index contributed by atoms with van der Waals surface area (Å²) in [7, 11) is 0. The minimum atomic E-state index is -1.93. The highest BCUT2D eigenvalue weighted by Gasteiger charge is 2.44. The van der Waals surface area contributed by atoms with Crippen LogP contribution >= 0.6 is 0 Å². The number of rotatable bonds is 2. The summed E-state index contributed by atoms with van der Waals surface area (Å²) in [6.07, 6.45) is -0.846. The zero-order chi connectivity index (χ0) is 14.5. The number of ether oxygens (including phenoxy) is 1. The van der Waals surface area contributed by atoms with Gasteiger partial charge in [-0.15, -0.1) is 0 Å². The predicted octanol–water partition coefficient (Wildman–Crippen LogP) is -2.37. The zero-order valence-electron chi connectivity index (χ0n) is 10.8. The summed E-state index contributed by atoms with van der Waals surface area (Å²) < 4.78 is 13.5. The number of hydrogen-bond acceptors (Lipinski definition) is 7. The second kappa shape index (κ2) is 4.37. The number of amides is 1. The molecule has 0 aromatic heterocycles. The van der Waals surface area contributed by atoms with E-state index in [2.05, 4.69) is 15.3 Å². The van der Waals surface area contributed by atoms with E-state index >= 15 is 0 Å². The van der Waals surface area contributed by atoms with Crippen molar-refractivity contribution < 1.29 is 21.1 Å². The van der Waals surface area contributed by atoms with Crippen molar-refractivity contribution in [2.75, 3.05) is 6.61 Å². The van der Waals surface area contributed by atoms with Crippen LogP contribution in [-0.2, 0) is 9.53 Å². The zero-order valence-corrected chi connectivity index (χ0v) is 9.78. The number of fused-ring (bicyclic) bond motifs is 1. The highest BCUT2D eigenvalue weighted by Crippen LogP contribution is 2.26. The average Bonchev–Trinajstić information content (AvgIpc) is 2.91. The van der Waals surface area contributed by atoms with E-state index in [9.17, 15) is 9.90 Å². The Balaban J connectivity index is 1.88. The molecule has 9 heteroatoms. The van der Waals surface area contributed by atoms with E-state index in [0.29, 0.717) is 0 Å². The fourth-order valence-corrected chi connectivity index (χ4v) is 2.19. The third-order valence-electron chi connectivity index (χ3n) is 3.13. The summed E-state index contributed by atoms with van der Waals surface area (Å²) in [6.45, 7) is -0.336. The molecule has 0 aromatic carbocycles. The number of nitrogens with one attached hydrogen (secondary N) is 2. The van der Waals surface area contributed by atoms with Gasteiger partial charge in [0.25, 0.3) is 5.91 Å². The minimum Gasteiger partial charge on any atom is -0.394 e. The first-order chi connectivity index (χ1) is 9.45. The van der Waals surface area contributed by atoms with Gasteiger partial charge in [0.1, 0.15) is 12.3 Å². The van der Waals surface area contributed by atoms with E-state index in [0.717, 1.165) is 0 Å². The molecule has 0 aliphatic carbocycles. The number of aliphatic hydroxyl groups excluding tert-OH is 2. The topological polar surface area (TPSA) is 131 Å². The number of hydrogen-bond donors (Lipinski definition) is 4. The van der Waals surface area contributed by atoms with Crippen LogP contribution in [0, 0.1) is 5.41 Å². The molecule has 1 unspecified atom stereocenters. The Morgan fingerprint density at radius 1 is 1.74 bits per heavy atom. The lowest BCUT2D eigenvalue weighted by atomic mass is 10.1. The molecule has 19 heavy (non-hydrogen) atoms. The third kappa shape index (κ3) is 1.91. The van der Waals surface area contributed by atoms with Crippen LogP contribution in [0.4, 0.5) is 0 Å². The quantitative estimate of drug-likeness (QED) is 0.444. The normalized spacial score (nSPS) is 42.0. The van der Waals surface area contributed by atoms with E-state index < -0.39 is 30.4 Å². The van der Waals surface area contributed by atoms with E-state index in [1.807, 2.05) is 0 Å². The summed E-state index contributed by atoms with van der Waals surface area (Å²) in [4.78, 5) is 20.7. The van der Waals surface area contributed by atoms with Gasteiger partial charge in [-0.2, -0.15) is 4.99 Å². The molecule has 3 heterocycles. The van der Waals surface area contributed by atoms with Crippen molar-refractivity contribution in [1.82, 2.24) is 10.2 Å². The molecule has 0 spiro atoms. The molecule has 0 saturated carbocycles. The van der Waals surface area contributed by atoms with E-state index in [1.165, 1.54) is 11.2 Å². The van der Waals surface area contributed by atoms with Crippen LogP contribution in [0.5, 0.6) is 0 Å². The molecule has 3 aliphatic heterocycles. The number of carbonyl (C=O) groups excluding carboxylic acids is 1. The highest BCUT2D eigenvalue weighted by atomic mass is 16.5. The predicted molar refractivity (Wildman–Crippen MR) is 63.8 cm³/mol. The lowest BCUT2D eigenvalue weighted by molar-refractivity contribution is -0.119. The summed E-state index contributed by atoms with van der Waals surface area (Å²) in [6, 6.07) is -1.93. The largest absolute Gasteiger partial charge is 0.394 e. The molecule has 1 amide bonds. The number of guanidine groups is 1. The number of amidine groups is 1. The molecule has 0 bridgehead atoms. The number of aliphatic hydroxyl groups is 2. The van der Waals surface area contributed by atoms with Crippen molar-refractivity contribution in [3.8, 4) is 0 Å². The van der Waals surface area contributed by atoms with Gasteiger partial charge in [-0.3, -0.25) is 25.4 Å². The molecular formula is C10H13N5O4. The van der Waals surface area contributed by atoms with Gasteiger partial charge in [0.2, 0.25) is 5.96 Å². The van der Waals surface area contributed by atoms with Gasteiger partial charge in [-0.1, -0.05) is 0 Å². The molecule has 0 aromatic rings. The van der Waals surface area contributed by atoms with Crippen molar-refractivity contribution in [1.29, 1.82) is 5.41 Å². The van der Waals surface area contributed by atoms with Crippen molar-refractivity contribution in [3.63, 3.8) is 0 Å². The summed E-state index contributed by atoms with van der Waals surface area (Å²) in [5, 5.41) is 28.3. The Kier molecular flexibility index (Phi) is 2.53. The van der Waals surface area contributed by atoms with Crippen LogP contribution in [0.2, 0.25) is 0 Å². The van der Waals surface area contributed by atoms with Crippen molar-refractivity contribution in [2.24, 2.45) is 9.98 Å². The third-order valence-corrected chi connectivity index (χ3v) is 3.13. The number of carbonyl (C=O) groups is 1. The van der Waals surface area contributed by atoms with E-state index in [4.69, 9.17) is 16.6 Å². The number of nitrogens with zero attached hydrogens (tertiary/aromatic N) is 3. The van der Waals surface area contributed by atoms with Gasteiger partial charge < -0.3 is 14.9 Å². The molecule has 3 aliphatic rings. The summed E-state index contributed by atoms with van der Waals surface area (Å²) in [5.74, 6) is -1.17. The van der Waals surface area contributed by atoms with Gasteiger partial charge in [0.15, 0.2) is 11.9 Å². The maximum Gasteiger partial charge on any atom is 0.259 e. The van der Waals surface area contributed by atoms with Crippen LogP contribution in [0.3, 0.4) is 0 Å². The smallest absolute Gasteiger partial charge is 0.259 e. The molecule has 9 nitrogen and oxygen atoms in total. The first kappa shape index (κ1) is 11.0. The van der Waals surface area contributed by atoms with E-state index in [1.54, 1.807) is 0 Å². The number of aliphatic imine (C=N–C) groups is 2. The van der Waals surface area contributed by atoms with E-state index in [-0.39, 0.29) is 24.8 Å². The maximum atomic E-state index is 11.8. The average molecular weight is 268 g/mol. The van der Waals surface area contributed by atoms with Crippen LogP contribution in [-0.4, -0.2) is 70.2 Å². The first-order valence-electron chi connectivity index (χ1n) is 6.23. The van der Waals surface area contributed by atoms with Crippen LogP contribution in [0.1, 0.15) is 7.79 Å². The molecule has 0 radical (unpaired) electrons. The van der Waals surface area contributed by atoms with Gasteiger partial charge >= 0.3 is 0 Å². The highest BCUT2D eigenvalue weighted by molar-refractivity contribution is 6.23. The SMILES string of the molecule is [2H]C12N=CN([C@H]3C[C@H](O)[C@@H](CO)O3)C1=NC(=N)NC2=O. The Labute approximate surface area is 109 Å². The molecule has 1 saturated heterocycles. The standard InChI is InChI=1S/C10H13N5O4/c11-10-13-8-7(9(18)14-10)12-3-15(8)6-1-4(17)5(2-16)19-6/h3-7,16-17H,1-2H2,(H2,11,14,18)/t4-,5+,6+,7?/m0/s1/i7D. The fourth-order valence-electron chi connectivity index (χ4n) is 2.19. The van der Waals surface area contributed by atoms with Gasteiger partial charge in [-0.05, 0) is 0 Å². The van der Waals surface area contributed by atoms with Crippen molar-refractivity contribution in [2.45, 2.75) is 30.9 Å². The first-order valence-corrected chi connectivity index (χ1v) is 5.73. The maximum absolute atomic E-state index is 11.8. The van der Waals surface area contributed by atoms with Crippen LogP contribution in [0.15, 0.2) is 9.98 Å². The molecular weight excluding hydrogens is 254 g/mol. The molecule has 4 atom stereocenters.